The molecule has 75 heavy (non-hydrogen) atoms. The summed E-state index contributed by atoms with van der Waals surface area (Å²) < 4.78 is 107. The Balaban J connectivity index is 0.572. The zero-order chi connectivity index (χ0) is 51.6. The van der Waals surface area contributed by atoms with Crippen LogP contribution < -0.4 is 14.2 Å². The fourth-order valence-electron chi connectivity index (χ4n) is 11.0. The average Bonchev–Trinajstić information content (AvgIpc) is 3.37. The van der Waals surface area contributed by atoms with E-state index in [9.17, 15) is 36.6 Å². The summed E-state index contributed by atoms with van der Waals surface area (Å²) in [7, 11) is 0. The molecule has 0 saturated carbocycles. The largest absolute Gasteiger partial charge is 0.508 e. The van der Waals surface area contributed by atoms with Crippen molar-refractivity contribution in [2.24, 2.45) is 11.8 Å². The van der Waals surface area contributed by atoms with Crippen molar-refractivity contribution in [3.05, 3.63) is 173 Å². The van der Waals surface area contributed by atoms with Gasteiger partial charge in [0.15, 0.2) is 12.2 Å². The fourth-order valence-corrected chi connectivity index (χ4v) is 11.0. The Kier molecular flexibility index (Phi) is 12.5. The number of aromatic hydroxyl groups is 2. The second-order valence-corrected chi connectivity index (χ2v) is 20.0. The van der Waals surface area contributed by atoms with Crippen LogP contribution in [0.4, 0.5) is 26.3 Å². The van der Waals surface area contributed by atoms with Gasteiger partial charge in [0, 0.05) is 113 Å². The van der Waals surface area contributed by atoms with Crippen molar-refractivity contribution >= 4 is 21.8 Å². The highest BCUT2D eigenvalue weighted by atomic mass is 19.4. The van der Waals surface area contributed by atoms with Gasteiger partial charge in [-0.2, -0.15) is 26.3 Å². The summed E-state index contributed by atoms with van der Waals surface area (Å²) in [6.07, 6.45) is -5.34. The fraction of sp³-hybridized carbons (Fsp3) is 0.288. The van der Waals surface area contributed by atoms with Gasteiger partial charge in [-0.15, -0.1) is 0 Å². The molecule has 384 valence electrons. The number of phenols is 2. The van der Waals surface area contributed by atoms with Gasteiger partial charge in [0.1, 0.15) is 35.4 Å². The third kappa shape index (κ3) is 9.78. The van der Waals surface area contributed by atoms with Gasteiger partial charge >= 0.3 is 12.4 Å². The lowest BCUT2D eigenvalue weighted by atomic mass is 9.87. The molecule has 4 aliphatic rings. The van der Waals surface area contributed by atoms with E-state index in [4.69, 9.17) is 18.9 Å². The van der Waals surface area contributed by atoms with E-state index in [0.29, 0.717) is 57.5 Å². The second kappa shape index (κ2) is 19.4. The van der Waals surface area contributed by atoms with Gasteiger partial charge in [-0.1, -0.05) is 36.4 Å². The predicted molar refractivity (Wildman–Crippen MR) is 270 cm³/mol. The highest BCUT2D eigenvalue weighted by Crippen LogP contribution is 2.51. The van der Waals surface area contributed by atoms with Gasteiger partial charge < -0.3 is 34.1 Å². The van der Waals surface area contributed by atoms with Crippen LogP contribution in [0, 0.1) is 11.8 Å². The Morgan fingerprint density at radius 3 is 1.52 bits per heavy atom. The molecule has 0 spiro atoms. The molecule has 0 unspecified atom stereocenters. The van der Waals surface area contributed by atoms with Crippen LogP contribution in [0.1, 0.15) is 57.6 Å². The zero-order valence-corrected chi connectivity index (χ0v) is 40.4. The third-order valence-electron chi connectivity index (χ3n) is 14.9. The Morgan fingerprint density at radius 2 is 1.03 bits per heavy atom. The van der Waals surface area contributed by atoms with Gasteiger partial charge in [-0.3, -0.25) is 14.9 Å². The minimum atomic E-state index is -4.53. The number of likely N-dealkylation sites (tertiary alicyclic amines) is 2. The third-order valence-corrected chi connectivity index (χ3v) is 14.9. The first-order valence-electron chi connectivity index (χ1n) is 25.0. The molecule has 2 fully saturated rings. The summed E-state index contributed by atoms with van der Waals surface area (Å²) in [6, 6.07) is 32.3. The van der Waals surface area contributed by atoms with Crippen molar-refractivity contribution in [2.45, 2.75) is 37.4 Å². The predicted octanol–water partition coefficient (Wildman–Crippen LogP) is 12.4. The summed E-state index contributed by atoms with van der Waals surface area (Å²) in [6.45, 7) is 7.57. The van der Waals surface area contributed by atoms with Crippen molar-refractivity contribution < 1.29 is 55.5 Å². The molecule has 2 aromatic heterocycles. The number of fused-ring (bicyclic) bond motifs is 10. The number of phenolic OH excluding ortho intramolecular Hbond substituents is 2. The summed E-state index contributed by atoms with van der Waals surface area (Å²) >= 11 is 0. The minimum Gasteiger partial charge on any atom is -0.508 e. The van der Waals surface area contributed by atoms with Crippen molar-refractivity contribution in [3.8, 4) is 51.0 Å². The molecule has 0 bridgehead atoms. The molecule has 0 aliphatic carbocycles. The van der Waals surface area contributed by atoms with E-state index in [1.165, 1.54) is 12.1 Å². The van der Waals surface area contributed by atoms with Crippen molar-refractivity contribution in [3.63, 3.8) is 0 Å². The topological polar surface area (TPSA) is 110 Å². The Labute approximate surface area is 427 Å². The second-order valence-electron chi connectivity index (χ2n) is 20.0. The maximum absolute atomic E-state index is 13.7. The van der Waals surface area contributed by atoms with Gasteiger partial charge in [0.2, 0.25) is 0 Å². The number of benzene rings is 6. The number of aromatic nitrogens is 2. The molecular weight excluding hydrogens is 975 g/mol. The van der Waals surface area contributed by atoms with Crippen LogP contribution in [0.25, 0.3) is 44.1 Å². The van der Waals surface area contributed by atoms with Crippen molar-refractivity contribution in [1.29, 1.82) is 0 Å². The lowest BCUT2D eigenvalue weighted by Crippen LogP contribution is -2.51. The van der Waals surface area contributed by atoms with Gasteiger partial charge in [-0.25, -0.2) is 0 Å². The molecule has 2 saturated heterocycles. The number of hydrogen-bond acceptors (Lipinski definition) is 10. The zero-order valence-electron chi connectivity index (χ0n) is 40.4. The van der Waals surface area contributed by atoms with Crippen molar-refractivity contribution in [2.75, 3.05) is 59.1 Å². The maximum atomic E-state index is 13.7. The Morgan fingerprint density at radius 1 is 0.547 bits per heavy atom. The molecule has 8 aromatic rings. The number of pyridine rings is 2. The first kappa shape index (κ1) is 48.5. The van der Waals surface area contributed by atoms with E-state index < -0.39 is 35.7 Å². The number of rotatable bonds is 14. The number of halogens is 6. The number of ether oxygens (including phenoxy) is 4. The lowest BCUT2D eigenvalue weighted by molar-refractivity contribution is -0.138. The molecule has 2 N–H and O–H groups in total. The van der Waals surface area contributed by atoms with Crippen LogP contribution in [0.15, 0.2) is 134 Å². The van der Waals surface area contributed by atoms with Gasteiger partial charge in [0.25, 0.3) is 0 Å². The number of hydrogen-bond donors (Lipinski definition) is 2. The van der Waals surface area contributed by atoms with Crippen LogP contribution in [-0.2, 0) is 23.5 Å². The molecule has 0 radical (unpaired) electrons. The van der Waals surface area contributed by atoms with Crippen LogP contribution in [0.3, 0.4) is 0 Å². The standard InChI is InChI=1S/C59H50F6N4O6/c60-58(61,62)39-9-15-44-48-26-66-50-24-41(70)11-17-46(50)54(48)56(74-52(44)22-39)37-5-3-34(4-6-37)2-1-19-68-28-35(29-68)32-72-33-36-30-69(31-36)20-21-73-43-13-7-38(8-14-43)57-55-47-18-12-42(71)25-51(47)67-27-49(55)45-16-10-40(59(63,64)65)23-53(45)75-57/h3-18,22-27,35-36,56-57,70-71H,1-2,19-21,28-33H2/t56-,57-/m1/s1. The highest BCUT2D eigenvalue weighted by Gasteiger charge is 2.38. The molecule has 4 aliphatic heterocycles. The summed E-state index contributed by atoms with van der Waals surface area (Å²) in [5, 5.41) is 21.7. The Hall–Kier alpha value is -7.40. The number of nitrogens with zero attached hydrogens (tertiary/aromatic N) is 4. The van der Waals surface area contributed by atoms with E-state index in [2.05, 4.69) is 31.9 Å². The van der Waals surface area contributed by atoms with Crippen LogP contribution in [0.2, 0.25) is 0 Å². The van der Waals surface area contributed by atoms with Crippen LogP contribution in [-0.4, -0.2) is 89.1 Å². The number of aryl methyl sites for hydroxylation is 1. The molecule has 2 atom stereocenters. The molecule has 16 heteroatoms. The summed E-state index contributed by atoms with van der Waals surface area (Å²) in [5.41, 5.74) is 6.18. The van der Waals surface area contributed by atoms with E-state index in [1.54, 1.807) is 48.8 Å². The smallest absolute Gasteiger partial charge is 0.416 e. The van der Waals surface area contributed by atoms with Crippen LogP contribution in [0.5, 0.6) is 28.7 Å². The van der Waals surface area contributed by atoms with E-state index >= 15 is 0 Å². The van der Waals surface area contributed by atoms with E-state index in [1.807, 2.05) is 36.4 Å². The van der Waals surface area contributed by atoms with E-state index in [-0.39, 0.29) is 23.0 Å². The maximum Gasteiger partial charge on any atom is 0.416 e. The highest BCUT2D eigenvalue weighted by molar-refractivity contribution is 5.94. The SMILES string of the molecule is Oc1ccc2c3c(cnc2c1)-c1ccc(C(F)(F)F)cc1O[C@@H]3c1ccc(CCCN2CC(COCC3CN(CCOc4ccc([C@H]5Oc6cc(C(F)(F)F)ccc6-c6cnc7cc(O)ccc7c65)cc4)C3)C2)cc1. The summed E-state index contributed by atoms with van der Waals surface area (Å²) in [4.78, 5) is 13.8. The molecule has 6 heterocycles. The van der Waals surface area contributed by atoms with Crippen LogP contribution >= 0.6 is 0 Å². The molecule has 10 nitrogen and oxygen atoms in total. The lowest BCUT2D eigenvalue weighted by Gasteiger charge is -2.41. The van der Waals surface area contributed by atoms with Crippen molar-refractivity contribution in [1.82, 2.24) is 19.8 Å². The van der Waals surface area contributed by atoms with Gasteiger partial charge in [0.05, 0.1) is 35.4 Å². The molecule has 6 aromatic carbocycles. The molecular formula is C59H50F6N4O6. The quantitative estimate of drug-likeness (QED) is 0.102. The normalized spacial score (nSPS) is 17.8. The Bertz CT molecular complexity index is 3210. The monoisotopic (exact) mass is 1020 g/mol. The summed E-state index contributed by atoms with van der Waals surface area (Å²) in [5.74, 6) is 2.04. The molecule has 12 rings (SSSR count). The average molecular weight is 1030 g/mol. The van der Waals surface area contributed by atoms with Gasteiger partial charge in [-0.05, 0) is 109 Å². The first-order chi connectivity index (χ1) is 36.2. The molecule has 0 amide bonds. The van der Waals surface area contributed by atoms with E-state index in [0.717, 1.165) is 128 Å². The number of alkyl halides is 6. The first-order valence-corrected chi connectivity index (χ1v) is 25.0. The minimum absolute atomic E-state index is 0.0553.